The molecule has 0 spiro atoms. The second-order valence-electron chi connectivity index (χ2n) is 6.62. The van der Waals surface area contributed by atoms with E-state index in [4.69, 9.17) is 11.5 Å². The number of nitrogens with two attached hydrogens (primary N) is 2. The molecule has 1 fully saturated rings. The van der Waals surface area contributed by atoms with Crippen LogP contribution in [0.4, 0.5) is 0 Å². The monoisotopic (exact) mass is 331 g/mol. The van der Waals surface area contributed by atoms with Gasteiger partial charge in [0.15, 0.2) is 0 Å². The molecule has 0 aromatic heterocycles. The summed E-state index contributed by atoms with van der Waals surface area (Å²) in [6.07, 6.45) is 0. The van der Waals surface area contributed by atoms with E-state index in [1.807, 2.05) is 0 Å². The predicted octanol–water partition coefficient (Wildman–Crippen LogP) is -1.78. The van der Waals surface area contributed by atoms with Gasteiger partial charge in [-0.2, -0.15) is 0 Å². The van der Waals surface area contributed by atoms with E-state index in [9.17, 15) is 0 Å². The van der Waals surface area contributed by atoms with Crippen molar-refractivity contribution < 1.29 is 0 Å². The van der Waals surface area contributed by atoms with Crippen LogP contribution in [-0.4, -0.2) is 126 Å². The van der Waals surface area contributed by atoms with E-state index in [0.29, 0.717) is 0 Å². The first kappa shape index (κ1) is 22.7. The Labute approximate surface area is 143 Å². The van der Waals surface area contributed by atoms with E-state index in [1.54, 1.807) is 0 Å². The molecular weight excluding hydrogens is 290 g/mol. The normalized spacial score (nSPS) is 16.7. The van der Waals surface area contributed by atoms with Gasteiger partial charge in [0.1, 0.15) is 0 Å². The van der Waals surface area contributed by atoms with Crippen LogP contribution in [0.25, 0.3) is 0 Å². The summed E-state index contributed by atoms with van der Waals surface area (Å²) in [4.78, 5) is 9.19. The zero-order chi connectivity index (χ0) is 17.5. The Morgan fingerprint density at radius 2 is 1.09 bits per heavy atom. The average molecular weight is 332 g/mol. The molecule has 140 valence electrons. The van der Waals surface area contributed by atoms with Crippen molar-refractivity contribution in [1.29, 1.82) is 0 Å². The van der Waals surface area contributed by atoms with E-state index < -0.39 is 0 Å². The largest absolute Gasteiger partial charge is 0.329 e. The highest BCUT2D eigenvalue weighted by Gasteiger charge is 2.14. The van der Waals surface area contributed by atoms with Crippen LogP contribution >= 0.6 is 0 Å². The molecular formula is C16H41N7. The number of hydrogen-bond donors (Lipinski definition) is 3. The van der Waals surface area contributed by atoms with Crippen molar-refractivity contribution in [2.45, 2.75) is 0 Å². The molecule has 0 saturated carbocycles. The van der Waals surface area contributed by atoms with Crippen molar-refractivity contribution in [1.82, 2.24) is 24.9 Å². The van der Waals surface area contributed by atoms with E-state index >= 15 is 0 Å². The Morgan fingerprint density at radius 3 is 1.35 bits per heavy atom. The smallest absolute Gasteiger partial charge is 0.0110 e. The van der Waals surface area contributed by atoms with Crippen LogP contribution in [0.2, 0.25) is 0 Å². The predicted molar refractivity (Wildman–Crippen MR) is 101 cm³/mol. The molecule has 1 aliphatic heterocycles. The van der Waals surface area contributed by atoms with Gasteiger partial charge in [-0.05, 0) is 28.2 Å². The van der Waals surface area contributed by atoms with Gasteiger partial charge in [0.2, 0.25) is 0 Å². The number of rotatable bonds is 10. The maximum absolute atomic E-state index is 5.48. The SMILES string of the molecule is CN(C)CCNCCN(C)C.NCCN1CCN(CCN)CC1. The fourth-order valence-corrected chi connectivity index (χ4v) is 2.33. The average Bonchev–Trinajstić information content (AvgIpc) is 2.49. The number of likely N-dealkylation sites (N-methyl/N-ethyl adjacent to an activating group) is 2. The first-order valence-electron chi connectivity index (χ1n) is 8.84. The van der Waals surface area contributed by atoms with Crippen molar-refractivity contribution in [2.75, 3.05) is 107 Å². The molecule has 7 nitrogen and oxygen atoms in total. The maximum Gasteiger partial charge on any atom is 0.0110 e. The minimum absolute atomic E-state index is 0.775. The van der Waals surface area contributed by atoms with Gasteiger partial charge in [-0.1, -0.05) is 0 Å². The lowest BCUT2D eigenvalue weighted by atomic mass is 10.3. The summed E-state index contributed by atoms with van der Waals surface area (Å²) >= 11 is 0. The summed E-state index contributed by atoms with van der Waals surface area (Å²) in [5, 5.41) is 3.36. The van der Waals surface area contributed by atoms with E-state index in [1.165, 1.54) is 0 Å². The zero-order valence-corrected chi connectivity index (χ0v) is 15.9. The van der Waals surface area contributed by atoms with Gasteiger partial charge in [0.05, 0.1) is 0 Å². The van der Waals surface area contributed by atoms with Gasteiger partial charge in [0, 0.05) is 78.5 Å². The molecule has 1 aliphatic rings. The van der Waals surface area contributed by atoms with Crippen molar-refractivity contribution in [3.8, 4) is 0 Å². The highest BCUT2D eigenvalue weighted by atomic mass is 15.3. The van der Waals surface area contributed by atoms with Crippen LogP contribution in [-0.2, 0) is 0 Å². The Balaban J connectivity index is 0.000000423. The van der Waals surface area contributed by atoms with E-state index in [0.717, 1.165) is 78.5 Å². The van der Waals surface area contributed by atoms with Crippen molar-refractivity contribution in [3.05, 3.63) is 0 Å². The Kier molecular flexibility index (Phi) is 15.1. The fourth-order valence-electron chi connectivity index (χ4n) is 2.33. The summed E-state index contributed by atoms with van der Waals surface area (Å²) in [7, 11) is 8.36. The second-order valence-corrected chi connectivity index (χ2v) is 6.62. The third-order valence-electron chi connectivity index (χ3n) is 3.83. The summed E-state index contributed by atoms with van der Waals surface area (Å²) in [6, 6.07) is 0. The maximum atomic E-state index is 5.48. The summed E-state index contributed by atoms with van der Waals surface area (Å²) in [5.74, 6) is 0. The zero-order valence-electron chi connectivity index (χ0n) is 15.9. The van der Waals surface area contributed by atoms with Gasteiger partial charge in [0.25, 0.3) is 0 Å². The molecule has 7 heteroatoms. The Bertz CT molecular complexity index is 217. The molecule has 1 heterocycles. The van der Waals surface area contributed by atoms with E-state index in [2.05, 4.69) is 53.1 Å². The summed E-state index contributed by atoms with van der Waals surface area (Å²) in [6.45, 7) is 12.6. The molecule has 0 unspecified atom stereocenters. The first-order valence-corrected chi connectivity index (χ1v) is 8.84. The molecule has 0 aromatic carbocycles. The summed E-state index contributed by atoms with van der Waals surface area (Å²) < 4.78 is 0. The van der Waals surface area contributed by atoms with Crippen molar-refractivity contribution in [2.24, 2.45) is 11.5 Å². The molecule has 0 radical (unpaired) electrons. The van der Waals surface area contributed by atoms with Crippen LogP contribution in [0.15, 0.2) is 0 Å². The molecule has 1 saturated heterocycles. The van der Waals surface area contributed by atoms with Gasteiger partial charge in [-0.15, -0.1) is 0 Å². The molecule has 0 bridgehead atoms. The topological polar surface area (TPSA) is 77.0 Å². The lowest BCUT2D eigenvalue weighted by Gasteiger charge is -2.34. The highest BCUT2D eigenvalue weighted by Crippen LogP contribution is 1.99. The molecule has 1 rings (SSSR count). The third-order valence-corrected chi connectivity index (χ3v) is 3.83. The molecule has 5 N–H and O–H groups in total. The van der Waals surface area contributed by atoms with Crippen molar-refractivity contribution in [3.63, 3.8) is 0 Å². The van der Waals surface area contributed by atoms with Gasteiger partial charge >= 0.3 is 0 Å². The summed E-state index contributed by atoms with van der Waals surface area (Å²) in [5.41, 5.74) is 11.0. The van der Waals surface area contributed by atoms with Crippen LogP contribution in [0.1, 0.15) is 0 Å². The minimum atomic E-state index is 0.775. The molecule has 0 amide bonds. The lowest BCUT2D eigenvalue weighted by molar-refractivity contribution is 0.138. The number of nitrogens with one attached hydrogen (secondary N) is 1. The Hall–Kier alpha value is -0.280. The van der Waals surface area contributed by atoms with E-state index in [-0.39, 0.29) is 0 Å². The minimum Gasteiger partial charge on any atom is -0.329 e. The number of piperazine rings is 1. The fraction of sp³-hybridized carbons (Fsp3) is 1.00. The van der Waals surface area contributed by atoms with Crippen LogP contribution in [0, 0.1) is 0 Å². The molecule has 0 aromatic rings. The molecule has 0 aliphatic carbocycles. The van der Waals surface area contributed by atoms with Crippen LogP contribution < -0.4 is 16.8 Å². The molecule has 23 heavy (non-hydrogen) atoms. The molecule has 0 atom stereocenters. The lowest BCUT2D eigenvalue weighted by Crippen LogP contribution is -2.48. The van der Waals surface area contributed by atoms with Crippen LogP contribution in [0.3, 0.4) is 0 Å². The third kappa shape index (κ3) is 15.0. The van der Waals surface area contributed by atoms with Gasteiger partial charge < -0.3 is 26.6 Å². The quantitative estimate of drug-likeness (QED) is 0.409. The number of nitrogens with zero attached hydrogens (tertiary/aromatic N) is 4. The number of hydrogen-bond acceptors (Lipinski definition) is 7. The van der Waals surface area contributed by atoms with Crippen molar-refractivity contribution >= 4 is 0 Å². The second kappa shape index (κ2) is 15.3. The highest BCUT2D eigenvalue weighted by molar-refractivity contribution is 4.71. The first-order chi connectivity index (χ1) is 11.0. The van der Waals surface area contributed by atoms with Crippen LogP contribution in [0.5, 0.6) is 0 Å². The Morgan fingerprint density at radius 1 is 0.739 bits per heavy atom. The van der Waals surface area contributed by atoms with Gasteiger partial charge in [-0.3, -0.25) is 9.80 Å². The standard InChI is InChI=1S/C8H20N4.C8H21N3/c9-1-3-11-5-7-12(4-2-10)8-6-11;1-10(2)7-5-9-6-8-11(3)4/h1-10H2;9H,5-8H2,1-4H3. The van der Waals surface area contributed by atoms with Gasteiger partial charge in [-0.25, -0.2) is 0 Å².